The molecule has 0 spiro atoms. The Morgan fingerprint density at radius 2 is 1.65 bits per heavy atom. The van der Waals surface area contributed by atoms with Gasteiger partial charge in [-0.15, -0.1) is 0 Å². The van der Waals surface area contributed by atoms with Gasteiger partial charge in [-0.3, -0.25) is 4.79 Å². The van der Waals surface area contributed by atoms with E-state index in [1.54, 1.807) is 0 Å². The second-order valence-corrected chi connectivity index (χ2v) is 7.37. The zero-order chi connectivity index (χ0) is 22.1. The Bertz CT molecular complexity index is 994. The monoisotopic (exact) mass is 413 g/mol. The lowest BCUT2D eigenvalue weighted by Crippen LogP contribution is -2.19. The Balaban J connectivity index is 2.07. The van der Waals surface area contributed by atoms with Gasteiger partial charge < -0.3 is 14.4 Å². The molecule has 0 aliphatic rings. The first kappa shape index (κ1) is 22.1. The van der Waals surface area contributed by atoms with Crippen LogP contribution in [0.3, 0.4) is 0 Å². The number of likely N-dealkylation sites (N-methyl/N-ethyl adjacent to an activating group) is 1. The molecule has 4 heteroatoms. The van der Waals surface area contributed by atoms with Crippen LogP contribution >= 0.6 is 0 Å². The first-order valence-corrected chi connectivity index (χ1v) is 10.2. The van der Waals surface area contributed by atoms with Gasteiger partial charge in [-0.05, 0) is 72.3 Å². The minimum absolute atomic E-state index is 0.162. The molecule has 31 heavy (non-hydrogen) atoms. The number of benzene rings is 2. The standard InChI is InChI=1S/C27H27NO3/c1-28(2)18-19-31-24-16-14-23(15-17-24)27(22-12-8-5-9-13-22)25(20-26(29)30-3)21-10-6-4-7-11-21/h4,6-8,10-17H,18-20H2,1-3H3/b27-25-. The molecule has 3 aromatic carbocycles. The molecule has 4 nitrogen and oxygen atoms in total. The highest BCUT2D eigenvalue weighted by Crippen LogP contribution is 2.35. The summed E-state index contributed by atoms with van der Waals surface area (Å²) in [6.45, 7) is 1.47. The fourth-order valence-corrected chi connectivity index (χ4v) is 3.27. The number of hydrogen-bond acceptors (Lipinski definition) is 4. The fraction of sp³-hybridized carbons (Fsp3) is 0.222. The fourth-order valence-electron chi connectivity index (χ4n) is 3.27. The summed E-state index contributed by atoms with van der Waals surface area (Å²) in [5.41, 5.74) is 4.78. The molecule has 0 unspecified atom stereocenters. The van der Waals surface area contributed by atoms with Crippen molar-refractivity contribution in [3.05, 3.63) is 102 Å². The van der Waals surface area contributed by atoms with Crippen molar-refractivity contribution >= 4 is 17.1 Å². The summed E-state index contributed by atoms with van der Waals surface area (Å²) in [7, 11) is 5.45. The number of ether oxygens (including phenoxy) is 2. The molecule has 0 saturated carbocycles. The molecular formula is C27H27NO3. The van der Waals surface area contributed by atoms with Gasteiger partial charge in [-0.25, -0.2) is 0 Å². The number of methoxy groups -OCH3 is 1. The van der Waals surface area contributed by atoms with E-state index in [1.807, 2.05) is 86.9 Å². The lowest BCUT2D eigenvalue weighted by molar-refractivity contribution is -0.139. The minimum atomic E-state index is -0.286. The SMILES string of the molecule is COC(=O)C/C(=C(\c1cc#ccc1)c1ccc(OCCN(C)C)cc1)c1ccccc1. The van der Waals surface area contributed by atoms with E-state index in [0.717, 1.165) is 40.1 Å². The molecule has 0 saturated heterocycles. The molecule has 0 radical (unpaired) electrons. The topological polar surface area (TPSA) is 38.8 Å². The van der Waals surface area contributed by atoms with Gasteiger partial charge in [-0.1, -0.05) is 54.6 Å². The summed E-state index contributed by atoms with van der Waals surface area (Å²) >= 11 is 0. The molecule has 0 N–H and O–H groups in total. The van der Waals surface area contributed by atoms with Crippen LogP contribution in [0.5, 0.6) is 5.75 Å². The number of esters is 1. The number of carbonyl (C=O) groups excluding carboxylic acids is 1. The Kier molecular flexibility index (Phi) is 7.86. The van der Waals surface area contributed by atoms with Crippen molar-refractivity contribution in [3.63, 3.8) is 0 Å². The van der Waals surface area contributed by atoms with Gasteiger partial charge in [0.1, 0.15) is 12.4 Å². The predicted octanol–water partition coefficient (Wildman–Crippen LogP) is 4.75. The third kappa shape index (κ3) is 6.21. The van der Waals surface area contributed by atoms with Gasteiger partial charge in [-0.2, -0.15) is 0 Å². The van der Waals surface area contributed by atoms with E-state index in [0.29, 0.717) is 6.61 Å². The molecule has 0 aliphatic heterocycles. The Morgan fingerprint density at radius 3 is 2.26 bits per heavy atom. The molecular weight excluding hydrogens is 386 g/mol. The van der Waals surface area contributed by atoms with Crippen molar-refractivity contribution in [3.8, 4) is 5.75 Å². The summed E-state index contributed by atoms with van der Waals surface area (Å²) in [5.74, 6) is 0.526. The lowest BCUT2D eigenvalue weighted by atomic mass is 9.88. The van der Waals surface area contributed by atoms with Crippen molar-refractivity contribution in [2.75, 3.05) is 34.4 Å². The van der Waals surface area contributed by atoms with Crippen molar-refractivity contribution in [1.82, 2.24) is 4.90 Å². The van der Waals surface area contributed by atoms with E-state index in [-0.39, 0.29) is 12.4 Å². The average molecular weight is 414 g/mol. The second kappa shape index (κ2) is 11.0. The quantitative estimate of drug-likeness (QED) is 0.375. The highest BCUT2D eigenvalue weighted by molar-refractivity contribution is 6.03. The number of rotatable bonds is 9. The van der Waals surface area contributed by atoms with Crippen molar-refractivity contribution in [1.29, 1.82) is 0 Å². The maximum Gasteiger partial charge on any atom is 0.310 e. The van der Waals surface area contributed by atoms with Crippen LogP contribution in [0.25, 0.3) is 11.1 Å². The highest BCUT2D eigenvalue weighted by atomic mass is 16.5. The van der Waals surface area contributed by atoms with Gasteiger partial charge in [0.15, 0.2) is 0 Å². The van der Waals surface area contributed by atoms with Gasteiger partial charge in [0.2, 0.25) is 0 Å². The number of hydrogen-bond donors (Lipinski definition) is 0. The largest absolute Gasteiger partial charge is 0.492 e. The van der Waals surface area contributed by atoms with Crippen LogP contribution in [0.2, 0.25) is 0 Å². The highest BCUT2D eigenvalue weighted by Gasteiger charge is 2.17. The van der Waals surface area contributed by atoms with Crippen LogP contribution in [-0.4, -0.2) is 45.2 Å². The van der Waals surface area contributed by atoms with Gasteiger partial charge in [0.05, 0.1) is 13.5 Å². The zero-order valence-electron chi connectivity index (χ0n) is 18.2. The molecule has 158 valence electrons. The van der Waals surface area contributed by atoms with Crippen molar-refractivity contribution in [2.45, 2.75) is 6.42 Å². The molecule has 3 rings (SSSR count). The Hall–Kier alpha value is -3.55. The summed E-state index contributed by atoms with van der Waals surface area (Å²) in [6, 6.07) is 29.6. The van der Waals surface area contributed by atoms with Crippen LogP contribution in [0.1, 0.15) is 23.1 Å². The van der Waals surface area contributed by atoms with Crippen molar-refractivity contribution < 1.29 is 14.3 Å². The molecule has 0 amide bonds. The number of nitrogens with zero attached hydrogens (tertiary/aromatic N) is 1. The second-order valence-electron chi connectivity index (χ2n) is 7.37. The summed E-state index contributed by atoms with van der Waals surface area (Å²) < 4.78 is 10.8. The normalized spacial score (nSPS) is 11.5. The molecule has 3 aromatic rings. The zero-order valence-corrected chi connectivity index (χ0v) is 18.2. The predicted molar refractivity (Wildman–Crippen MR) is 124 cm³/mol. The van der Waals surface area contributed by atoms with Gasteiger partial charge in [0.25, 0.3) is 0 Å². The van der Waals surface area contributed by atoms with E-state index in [2.05, 4.69) is 17.0 Å². The molecule has 0 heterocycles. The van der Waals surface area contributed by atoms with E-state index in [9.17, 15) is 4.79 Å². The lowest BCUT2D eigenvalue weighted by Gasteiger charge is -2.17. The Morgan fingerprint density at radius 1 is 0.903 bits per heavy atom. The molecule has 0 bridgehead atoms. The molecule has 0 aliphatic carbocycles. The van der Waals surface area contributed by atoms with Crippen LogP contribution in [0.4, 0.5) is 0 Å². The van der Waals surface area contributed by atoms with Crippen LogP contribution < -0.4 is 4.74 Å². The summed E-state index contributed by atoms with van der Waals surface area (Å²) in [4.78, 5) is 14.4. The smallest absolute Gasteiger partial charge is 0.310 e. The van der Waals surface area contributed by atoms with Crippen LogP contribution in [-0.2, 0) is 9.53 Å². The first-order valence-electron chi connectivity index (χ1n) is 10.2. The van der Waals surface area contributed by atoms with E-state index >= 15 is 0 Å². The number of carbonyl (C=O) groups is 1. The van der Waals surface area contributed by atoms with E-state index in [1.165, 1.54) is 7.11 Å². The third-order valence-electron chi connectivity index (χ3n) is 4.87. The summed E-state index contributed by atoms with van der Waals surface area (Å²) in [6.07, 6.45) is 0.162. The van der Waals surface area contributed by atoms with Crippen LogP contribution in [0.15, 0.2) is 72.8 Å². The van der Waals surface area contributed by atoms with E-state index in [4.69, 9.17) is 9.47 Å². The van der Waals surface area contributed by atoms with Gasteiger partial charge >= 0.3 is 5.97 Å². The molecule has 0 atom stereocenters. The third-order valence-corrected chi connectivity index (χ3v) is 4.87. The van der Waals surface area contributed by atoms with Crippen molar-refractivity contribution in [2.24, 2.45) is 0 Å². The van der Waals surface area contributed by atoms with Gasteiger partial charge in [0, 0.05) is 6.54 Å². The maximum atomic E-state index is 12.3. The Labute approximate surface area is 184 Å². The molecule has 0 fully saturated rings. The van der Waals surface area contributed by atoms with Crippen LogP contribution in [0, 0.1) is 12.1 Å². The summed E-state index contributed by atoms with van der Waals surface area (Å²) in [5, 5.41) is 0. The molecule has 0 aromatic heterocycles. The van der Waals surface area contributed by atoms with E-state index < -0.39 is 0 Å². The minimum Gasteiger partial charge on any atom is -0.492 e. The average Bonchev–Trinajstić information content (AvgIpc) is 2.80. The maximum absolute atomic E-state index is 12.3. The first-order chi connectivity index (χ1) is 15.1.